The van der Waals surface area contributed by atoms with Gasteiger partial charge in [-0.25, -0.2) is 9.97 Å². The summed E-state index contributed by atoms with van der Waals surface area (Å²) in [4.78, 5) is 24.7. The second kappa shape index (κ2) is 10.0. The number of hydrogen-bond acceptors (Lipinski definition) is 5. The zero-order valence-corrected chi connectivity index (χ0v) is 19.2. The molecule has 2 aromatic carbocycles. The molecule has 4 aromatic rings. The molecule has 0 saturated heterocycles. The van der Waals surface area contributed by atoms with Gasteiger partial charge in [0.15, 0.2) is 0 Å². The molecule has 4 rings (SSSR count). The highest BCUT2D eigenvalue weighted by atomic mass is 35.5. The minimum absolute atomic E-state index is 0.214. The number of aryl methyl sites for hydroxylation is 1. The first kappa shape index (κ1) is 22.8. The van der Waals surface area contributed by atoms with Gasteiger partial charge in [0.25, 0.3) is 5.91 Å². The first-order chi connectivity index (χ1) is 16.0. The quantitative estimate of drug-likeness (QED) is 0.287. The van der Waals surface area contributed by atoms with Gasteiger partial charge in [-0.15, -0.1) is 0 Å². The van der Waals surface area contributed by atoms with Gasteiger partial charge >= 0.3 is 0 Å². The van der Waals surface area contributed by atoms with Gasteiger partial charge in [0, 0.05) is 18.0 Å². The predicted molar refractivity (Wildman–Crippen MR) is 130 cm³/mol. The zero-order chi connectivity index (χ0) is 23.4. The van der Waals surface area contributed by atoms with E-state index in [2.05, 4.69) is 25.6 Å². The maximum atomic E-state index is 12.8. The van der Waals surface area contributed by atoms with Gasteiger partial charge in [-0.05, 0) is 36.2 Å². The molecule has 0 spiro atoms. The number of anilines is 2. The highest BCUT2D eigenvalue weighted by Gasteiger charge is 2.18. The van der Waals surface area contributed by atoms with Crippen molar-refractivity contribution in [1.82, 2.24) is 20.3 Å². The van der Waals surface area contributed by atoms with Crippen molar-refractivity contribution < 1.29 is 9.90 Å². The van der Waals surface area contributed by atoms with Crippen LogP contribution >= 0.6 is 23.2 Å². The molecule has 1 amide bonds. The van der Waals surface area contributed by atoms with Crippen LogP contribution in [0.2, 0.25) is 10.0 Å². The smallest absolute Gasteiger partial charge is 0.268 e. The SMILES string of the molecule is Cc1cnc(Nc2c(Cl)cccc2Cl)nc1-c1c[nH]c(C(=O)N[C@H](CO)c2ccccc2)c1. The molecule has 0 saturated carbocycles. The third-order valence-electron chi connectivity index (χ3n) is 5.06. The number of rotatable bonds is 7. The van der Waals surface area contributed by atoms with Crippen LogP contribution in [0.4, 0.5) is 11.6 Å². The Morgan fingerprint density at radius 1 is 1.12 bits per heavy atom. The lowest BCUT2D eigenvalue weighted by Crippen LogP contribution is -2.30. The Bertz CT molecular complexity index is 1260. The maximum Gasteiger partial charge on any atom is 0.268 e. The number of benzene rings is 2. The lowest BCUT2D eigenvalue weighted by Gasteiger charge is -2.16. The number of nitrogens with one attached hydrogen (secondary N) is 3. The van der Waals surface area contributed by atoms with E-state index in [9.17, 15) is 9.90 Å². The van der Waals surface area contributed by atoms with Crippen LogP contribution in [0.5, 0.6) is 0 Å². The molecule has 1 atom stereocenters. The summed E-state index contributed by atoms with van der Waals surface area (Å²) < 4.78 is 0. The van der Waals surface area contributed by atoms with E-state index >= 15 is 0 Å². The normalized spacial score (nSPS) is 11.8. The number of aromatic nitrogens is 3. The van der Waals surface area contributed by atoms with Crippen molar-refractivity contribution in [3.05, 3.63) is 93.9 Å². The number of amides is 1. The number of nitrogens with zero attached hydrogens (tertiary/aromatic N) is 2. The number of aliphatic hydroxyl groups is 1. The first-order valence-electron chi connectivity index (χ1n) is 10.2. The Kier molecular flexibility index (Phi) is 6.93. The summed E-state index contributed by atoms with van der Waals surface area (Å²) >= 11 is 12.5. The number of aliphatic hydroxyl groups excluding tert-OH is 1. The minimum atomic E-state index is -0.512. The van der Waals surface area contributed by atoms with Crippen LogP contribution in [0.3, 0.4) is 0 Å². The van der Waals surface area contributed by atoms with Crippen LogP contribution in [0.15, 0.2) is 67.0 Å². The molecule has 7 nitrogen and oxygen atoms in total. The molecule has 0 aliphatic carbocycles. The van der Waals surface area contributed by atoms with Gasteiger partial charge < -0.3 is 20.7 Å². The number of hydrogen-bond donors (Lipinski definition) is 4. The molecule has 168 valence electrons. The van der Waals surface area contributed by atoms with E-state index in [1.165, 1.54) is 0 Å². The first-order valence-corrected chi connectivity index (χ1v) is 10.9. The number of H-pyrrole nitrogens is 1. The van der Waals surface area contributed by atoms with Crippen molar-refractivity contribution in [2.75, 3.05) is 11.9 Å². The predicted octanol–water partition coefficient (Wildman–Crippen LogP) is 5.29. The Morgan fingerprint density at radius 3 is 2.55 bits per heavy atom. The average molecular weight is 482 g/mol. The Hall–Kier alpha value is -3.39. The Morgan fingerprint density at radius 2 is 1.85 bits per heavy atom. The Balaban J connectivity index is 1.55. The van der Waals surface area contributed by atoms with Crippen molar-refractivity contribution in [1.29, 1.82) is 0 Å². The third-order valence-corrected chi connectivity index (χ3v) is 5.69. The van der Waals surface area contributed by atoms with Gasteiger partial charge in [-0.1, -0.05) is 59.6 Å². The van der Waals surface area contributed by atoms with Crippen molar-refractivity contribution in [3.8, 4) is 11.3 Å². The van der Waals surface area contributed by atoms with Gasteiger partial charge in [0.2, 0.25) is 5.95 Å². The number of para-hydroxylation sites is 1. The van der Waals surface area contributed by atoms with Crippen molar-refractivity contribution >= 4 is 40.7 Å². The van der Waals surface area contributed by atoms with E-state index in [1.54, 1.807) is 36.7 Å². The van der Waals surface area contributed by atoms with Crippen molar-refractivity contribution in [2.24, 2.45) is 0 Å². The molecule has 0 unspecified atom stereocenters. The summed E-state index contributed by atoms with van der Waals surface area (Å²) in [6, 6.07) is 15.7. The van der Waals surface area contributed by atoms with Crippen LogP contribution in [0, 0.1) is 6.92 Å². The van der Waals surface area contributed by atoms with Crippen LogP contribution in [-0.2, 0) is 0 Å². The van der Waals surface area contributed by atoms with Crippen LogP contribution in [0.1, 0.15) is 27.7 Å². The van der Waals surface area contributed by atoms with Crippen LogP contribution in [-0.4, -0.2) is 32.6 Å². The third kappa shape index (κ3) is 5.17. The summed E-state index contributed by atoms with van der Waals surface area (Å²) in [6.45, 7) is 1.67. The standard InChI is InChI=1S/C24H21Cl2N5O2/c1-14-11-28-24(31-22-17(25)8-5-9-18(22)26)30-21(14)16-10-19(27-12-16)23(33)29-20(13-32)15-6-3-2-4-7-15/h2-12,20,27,32H,13H2,1H3,(H,29,33)(H,28,30,31)/t20-/m1/s1. The van der Waals surface area contributed by atoms with Gasteiger partial charge in [-0.3, -0.25) is 4.79 Å². The van der Waals surface area contributed by atoms with Gasteiger partial charge in [-0.2, -0.15) is 0 Å². The van der Waals surface area contributed by atoms with E-state index < -0.39 is 6.04 Å². The van der Waals surface area contributed by atoms with E-state index in [-0.39, 0.29) is 12.5 Å². The number of carbonyl (C=O) groups is 1. The van der Waals surface area contributed by atoms with Crippen molar-refractivity contribution in [3.63, 3.8) is 0 Å². The molecule has 0 aliphatic heterocycles. The fourth-order valence-corrected chi connectivity index (χ4v) is 3.83. The molecule has 0 radical (unpaired) electrons. The van der Waals surface area contributed by atoms with E-state index in [1.807, 2.05) is 37.3 Å². The molecule has 4 N–H and O–H groups in total. The molecule has 0 fully saturated rings. The maximum absolute atomic E-state index is 12.8. The van der Waals surface area contributed by atoms with Gasteiger partial charge in [0.1, 0.15) is 5.69 Å². The average Bonchev–Trinajstić information content (AvgIpc) is 3.32. The van der Waals surface area contributed by atoms with Crippen LogP contribution < -0.4 is 10.6 Å². The molecule has 33 heavy (non-hydrogen) atoms. The lowest BCUT2D eigenvalue weighted by molar-refractivity contribution is 0.0912. The zero-order valence-electron chi connectivity index (χ0n) is 17.6. The van der Waals surface area contributed by atoms with E-state index in [4.69, 9.17) is 23.2 Å². The summed E-state index contributed by atoms with van der Waals surface area (Å²) in [6.07, 6.45) is 3.38. The Labute approximate surface area is 200 Å². The van der Waals surface area contributed by atoms with Gasteiger partial charge in [0.05, 0.1) is 34.1 Å². The van der Waals surface area contributed by atoms with Crippen LogP contribution in [0.25, 0.3) is 11.3 Å². The molecule has 2 aromatic heterocycles. The fourth-order valence-electron chi connectivity index (χ4n) is 3.34. The minimum Gasteiger partial charge on any atom is -0.394 e. The molecule has 2 heterocycles. The van der Waals surface area contributed by atoms with E-state index in [0.717, 1.165) is 11.1 Å². The summed E-state index contributed by atoms with van der Waals surface area (Å²) in [7, 11) is 0. The molecular weight excluding hydrogens is 461 g/mol. The fraction of sp³-hybridized carbons (Fsp3) is 0.125. The largest absolute Gasteiger partial charge is 0.394 e. The summed E-state index contributed by atoms with van der Waals surface area (Å²) in [5.74, 6) is -0.0146. The highest BCUT2D eigenvalue weighted by Crippen LogP contribution is 2.32. The number of halogens is 2. The number of aromatic amines is 1. The topological polar surface area (TPSA) is 103 Å². The lowest BCUT2D eigenvalue weighted by atomic mass is 10.1. The summed E-state index contributed by atoms with van der Waals surface area (Å²) in [5.41, 5.74) is 3.87. The second-order valence-electron chi connectivity index (χ2n) is 7.37. The highest BCUT2D eigenvalue weighted by molar-refractivity contribution is 6.39. The molecule has 0 aliphatic rings. The summed E-state index contributed by atoms with van der Waals surface area (Å²) in [5, 5.41) is 16.5. The monoisotopic (exact) mass is 481 g/mol. The molecule has 9 heteroatoms. The molecule has 0 bridgehead atoms. The van der Waals surface area contributed by atoms with E-state index in [0.29, 0.717) is 38.6 Å². The second-order valence-corrected chi connectivity index (χ2v) is 8.18. The van der Waals surface area contributed by atoms with Crippen molar-refractivity contribution in [2.45, 2.75) is 13.0 Å². The number of carbonyl (C=O) groups excluding carboxylic acids is 1. The molecular formula is C24H21Cl2N5O2.